The van der Waals surface area contributed by atoms with Crippen LogP contribution in [0.3, 0.4) is 0 Å². The van der Waals surface area contributed by atoms with Gasteiger partial charge in [-0.3, -0.25) is 9.69 Å². The lowest BCUT2D eigenvalue weighted by atomic mass is 9.91. The van der Waals surface area contributed by atoms with Crippen molar-refractivity contribution in [1.29, 1.82) is 0 Å². The summed E-state index contributed by atoms with van der Waals surface area (Å²) < 4.78 is 5.50. The molecule has 7 nitrogen and oxygen atoms in total. The summed E-state index contributed by atoms with van der Waals surface area (Å²) >= 11 is 0. The summed E-state index contributed by atoms with van der Waals surface area (Å²) in [5.41, 5.74) is 3.38. The monoisotopic (exact) mass is 533 g/mol. The lowest BCUT2D eigenvalue weighted by Crippen LogP contribution is -2.48. The minimum Gasteiger partial charge on any atom is -0.463 e. The van der Waals surface area contributed by atoms with Crippen LogP contribution in [0.1, 0.15) is 47.8 Å². The highest BCUT2D eigenvalue weighted by Gasteiger charge is 2.38. The third-order valence-corrected chi connectivity index (χ3v) is 6.83. The molecule has 0 aliphatic carbocycles. The first-order valence-corrected chi connectivity index (χ1v) is 13.5. The lowest BCUT2D eigenvalue weighted by Gasteiger charge is -2.37. The van der Waals surface area contributed by atoms with Gasteiger partial charge in [-0.25, -0.2) is 9.59 Å². The molecule has 0 saturated heterocycles. The molecular formula is C33H31N3O4. The number of anilines is 1. The number of fused-ring (bicyclic) bond motifs is 1. The molecule has 202 valence electrons. The molecule has 2 N–H and O–H groups in total. The quantitative estimate of drug-likeness (QED) is 0.252. The molecule has 1 atom stereocenters. The van der Waals surface area contributed by atoms with Crippen LogP contribution in [0, 0.1) is 0 Å². The molecule has 3 amide bonds. The number of benzene rings is 4. The molecule has 4 aromatic rings. The summed E-state index contributed by atoms with van der Waals surface area (Å²) in [4.78, 5) is 41.8. The maximum Gasteiger partial charge on any atom is 0.338 e. The van der Waals surface area contributed by atoms with Crippen molar-refractivity contribution in [1.82, 2.24) is 10.2 Å². The number of hydrogen-bond donors (Lipinski definition) is 2. The van der Waals surface area contributed by atoms with Crippen LogP contribution < -0.4 is 10.6 Å². The molecule has 40 heavy (non-hydrogen) atoms. The van der Waals surface area contributed by atoms with Crippen molar-refractivity contribution < 1.29 is 19.1 Å². The van der Waals surface area contributed by atoms with E-state index in [9.17, 15) is 14.4 Å². The van der Waals surface area contributed by atoms with E-state index in [0.717, 1.165) is 16.3 Å². The predicted octanol–water partition coefficient (Wildman–Crippen LogP) is 6.54. The molecule has 0 spiro atoms. The number of rotatable bonds is 8. The first-order valence-electron chi connectivity index (χ1n) is 13.5. The Morgan fingerprint density at radius 3 is 2.40 bits per heavy atom. The Morgan fingerprint density at radius 2 is 1.62 bits per heavy atom. The van der Waals surface area contributed by atoms with Gasteiger partial charge in [-0.1, -0.05) is 85.8 Å². The van der Waals surface area contributed by atoms with Crippen molar-refractivity contribution in [2.24, 2.45) is 0 Å². The van der Waals surface area contributed by atoms with Gasteiger partial charge < -0.3 is 15.4 Å². The number of carbonyl (C=O) groups is 3. The zero-order valence-electron chi connectivity index (χ0n) is 22.5. The van der Waals surface area contributed by atoms with Crippen LogP contribution in [-0.2, 0) is 9.53 Å². The van der Waals surface area contributed by atoms with Crippen LogP contribution in [0.15, 0.2) is 103 Å². The minimum absolute atomic E-state index is 0.194. The molecule has 1 aliphatic heterocycles. The summed E-state index contributed by atoms with van der Waals surface area (Å²) in [6.07, 6.45) is 0.709. The van der Waals surface area contributed by atoms with Crippen molar-refractivity contribution in [3.8, 4) is 0 Å². The zero-order chi connectivity index (χ0) is 28.1. The highest BCUT2D eigenvalue weighted by Crippen LogP contribution is 2.37. The Labute approximate surface area is 233 Å². The molecule has 1 heterocycles. The van der Waals surface area contributed by atoms with E-state index in [1.165, 1.54) is 0 Å². The number of hydrogen-bond acceptors (Lipinski definition) is 4. The summed E-state index contributed by atoms with van der Waals surface area (Å²) in [5, 5.41) is 7.83. The molecule has 1 aliphatic rings. The van der Waals surface area contributed by atoms with Crippen LogP contribution in [0.2, 0.25) is 0 Å². The van der Waals surface area contributed by atoms with E-state index in [-0.39, 0.29) is 18.5 Å². The molecular weight excluding hydrogens is 502 g/mol. The highest BCUT2D eigenvalue weighted by atomic mass is 16.5. The highest BCUT2D eigenvalue weighted by molar-refractivity contribution is 6.13. The van der Waals surface area contributed by atoms with Crippen LogP contribution >= 0.6 is 0 Å². The Balaban J connectivity index is 1.56. The van der Waals surface area contributed by atoms with E-state index in [4.69, 9.17) is 4.74 Å². The Hall–Kier alpha value is -4.91. The van der Waals surface area contributed by atoms with Crippen molar-refractivity contribution in [3.63, 3.8) is 0 Å². The van der Waals surface area contributed by atoms with Gasteiger partial charge in [0.25, 0.3) is 5.91 Å². The molecule has 0 saturated carbocycles. The van der Waals surface area contributed by atoms with Crippen molar-refractivity contribution >= 4 is 40.1 Å². The van der Waals surface area contributed by atoms with Crippen LogP contribution in [-0.4, -0.2) is 36.0 Å². The zero-order valence-corrected chi connectivity index (χ0v) is 22.5. The number of esters is 1. The Morgan fingerprint density at radius 1 is 0.900 bits per heavy atom. The van der Waals surface area contributed by atoms with E-state index >= 15 is 0 Å². The van der Waals surface area contributed by atoms with E-state index in [2.05, 4.69) is 10.6 Å². The summed E-state index contributed by atoms with van der Waals surface area (Å²) in [5.74, 6) is -0.750. The topological polar surface area (TPSA) is 87.7 Å². The van der Waals surface area contributed by atoms with Gasteiger partial charge in [0.2, 0.25) is 0 Å². The standard InChI is InChI=1S/C33H31N3O4/c1-3-20-36-30(23-13-6-5-7-14-23)28(32(38)40-4-2)29(35-33(36)39)24-16-10-17-25(21-24)34-31(37)27-19-11-15-22-12-8-9-18-26(22)27/h5-19,21,29H,3-4,20H2,1-2H3,(H,34,37)(H,35,39). The van der Waals surface area contributed by atoms with Crippen LogP contribution in [0.4, 0.5) is 10.5 Å². The third kappa shape index (κ3) is 5.31. The first kappa shape index (κ1) is 26.7. The van der Waals surface area contributed by atoms with Gasteiger partial charge in [-0.05, 0) is 53.4 Å². The Bertz CT molecular complexity index is 1590. The van der Waals surface area contributed by atoms with Gasteiger partial charge in [-0.2, -0.15) is 0 Å². The number of carbonyl (C=O) groups excluding carboxylic acids is 3. The van der Waals surface area contributed by atoms with Gasteiger partial charge in [0.05, 0.1) is 23.9 Å². The van der Waals surface area contributed by atoms with Crippen LogP contribution in [0.25, 0.3) is 16.5 Å². The summed E-state index contributed by atoms with van der Waals surface area (Å²) in [6, 6.07) is 28.9. The molecule has 0 fully saturated rings. The molecule has 0 aromatic heterocycles. The molecule has 0 bridgehead atoms. The van der Waals surface area contributed by atoms with E-state index < -0.39 is 12.0 Å². The van der Waals surface area contributed by atoms with Crippen molar-refractivity contribution in [2.75, 3.05) is 18.5 Å². The fraction of sp³-hybridized carbons (Fsp3) is 0.182. The number of nitrogens with zero attached hydrogens (tertiary/aromatic N) is 1. The normalized spacial score (nSPS) is 15.1. The molecule has 4 aromatic carbocycles. The second-order valence-electron chi connectivity index (χ2n) is 9.49. The van der Waals surface area contributed by atoms with Crippen molar-refractivity contribution in [3.05, 3.63) is 119 Å². The van der Waals surface area contributed by atoms with Gasteiger partial charge in [-0.15, -0.1) is 0 Å². The van der Waals surface area contributed by atoms with Gasteiger partial charge in [0.1, 0.15) is 0 Å². The van der Waals surface area contributed by atoms with E-state index in [1.54, 1.807) is 36.1 Å². The number of nitrogens with one attached hydrogen (secondary N) is 2. The molecule has 7 heteroatoms. The summed E-state index contributed by atoms with van der Waals surface area (Å²) in [6.45, 7) is 4.37. The Kier molecular flexibility index (Phi) is 7.92. The maximum atomic E-state index is 13.5. The fourth-order valence-corrected chi connectivity index (χ4v) is 5.09. The number of urea groups is 1. The fourth-order valence-electron chi connectivity index (χ4n) is 5.09. The van der Waals surface area contributed by atoms with Crippen LogP contribution in [0.5, 0.6) is 0 Å². The predicted molar refractivity (Wildman–Crippen MR) is 157 cm³/mol. The second-order valence-corrected chi connectivity index (χ2v) is 9.49. The molecule has 0 radical (unpaired) electrons. The van der Waals surface area contributed by atoms with E-state index in [1.807, 2.05) is 79.7 Å². The average Bonchev–Trinajstić information content (AvgIpc) is 2.98. The first-order chi connectivity index (χ1) is 19.5. The van der Waals surface area contributed by atoms with E-state index in [0.29, 0.717) is 41.1 Å². The number of amides is 3. The van der Waals surface area contributed by atoms with Gasteiger partial charge >= 0.3 is 12.0 Å². The summed E-state index contributed by atoms with van der Waals surface area (Å²) in [7, 11) is 0. The lowest BCUT2D eigenvalue weighted by molar-refractivity contribution is -0.138. The van der Waals surface area contributed by atoms with Gasteiger partial charge in [0.15, 0.2) is 0 Å². The smallest absolute Gasteiger partial charge is 0.338 e. The second kappa shape index (κ2) is 11.9. The van der Waals surface area contributed by atoms with Gasteiger partial charge in [0, 0.05) is 17.8 Å². The number of ether oxygens (including phenoxy) is 1. The van der Waals surface area contributed by atoms with Crippen molar-refractivity contribution in [2.45, 2.75) is 26.3 Å². The molecule has 1 unspecified atom stereocenters. The largest absolute Gasteiger partial charge is 0.463 e. The third-order valence-electron chi connectivity index (χ3n) is 6.83. The SMILES string of the molecule is CCCN1C(=O)NC(c2cccc(NC(=O)c3cccc4ccccc34)c2)C(C(=O)OCC)=C1c1ccccc1. The average molecular weight is 534 g/mol. The molecule has 5 rings (SSSR count). The maximum absolute atomic E-state index is 13.5. The minimum atomic E-state index is -0.774.